The third-order valence-electron chi connectivity index (χ3n) is 4.19. The van der Waals surface area contributed by atoms with Gasteiger partial charge in [0.2, 0.25) is 0 Å². The summed E-state index contributed by atoms with van der Waals surface area (Å²) in [4.78, 5) is 24.2. The molecule has 2 N–H and O–H groups in total. The molecule has 0 radical (unpaired) electrons. The second kappa shape index (κ2) is 9.71. The van der Waals surface area contributed by atoms with E-state index in [4.69, 9.17) is 16.3 Å². The van der Waals surface area contributed by atoms with Crippen LogP contribution in [0.1, 0.15) is 21.6 Å². The lowest BCUT2D eigenvalue weighted by Gasteiger charge is -2.08. The Bertz CT molecular complexity index is 1080. The fourth-order valence-electron chi connectivity index (χ4n) is 2.69. The molecule has 0 fully saturated rings. The highest BCUT2D eigenvalue weighted by atomic mass is 35.5. The Morgan fingerprint density at radius 1 is 1.17 bits per heavy atom. The van der Waals surface area contributed by atoms with Crippen LogP contribution in [0.4, 0.5) is 0 Å². The first-order chi connectivity index (χ1) is 14.5. The smallest absolute Gasteiger partial charge is 0.259 e. The maximum atomic E-state index is 12.2. The van der Waals surface area contributed by atoms with E-state index in [2.05, 4.69) is 20.9 Å². The molecule has 2 aromatic carbocycles. The van der Waals surface area contributed by atoms with Gasteiger partial charge in [0.15, 0.2) is 0 Å². The molecule has 0 saturated carbocycles. The normalized spacial score (nSPS) is 10.8. The van der Waals surface area contributed by atoms with Gasteiger partial charge in [0, 0.05) is 0 Å². The van der Waals surface area contributed by atoms with E-state index >= 15 is 0 Å². The van der Waals surface area contributed by atoms with Crippen molar-refractivity contribution in [2.75, 3.05) is 13.7 Å². The zero-order chi connectivity index (χ0) is 21.5. The molecular weight excluding hydrogens is 406 g/mol. The fourth-order valence-corrected chi connectivity index (χ4v) is 3.02. The second-order valence-electron chi connectivity index (χ2n) is 6.21. The van der Waals surface area contributed by atoms with E-state index in [0.717, 1.165) is 5.69 Å². The summed E-state index contributed by atoms with van der Waals surface area (Å²) in [6.45, 7) is 1.55. The number of ether oxygens (including phenoxy) is 1. The molecule has 3 aromatic rings. The van der Waals surface area contributed by atoms with E-state index in [1.54, 1.807) is 35.9 Å². The number of methoxy groups -OCH3 is 1. The van der Waals surface area contributed by atoms with Gasteiger partial charge in [0.25, 0.3) is 11.8 Å². The van der Waals surface area contributed by atoms with Crippen LogP contribution >= 0.6 is 11.6 Å². The van der Waals surface area contributed by atoms with Gasteiger partial charge < -0.3 is 10.1 Å². The van der Waals surface area contributed by atoms with Crippen molar-refractivity contribution in [2.45, 2.75) is 6.92 Å². The molecule has 1 heterocycles. The second-order valence-corrected chi connectivity index (χ2v) is 6.57. The van der Waals surface area contributed by atoms with Crippen molar-refractivity contribution in [3.63, 3.8) is 0 Å². The first-order valence-corrected chi connectivity index (χ1v) is 9.42. The molecule has 0 atom stereocenters. The number of benzene rings is 2. The number of para-hydroxylation sites is 2. The predicted octanol–water partition coefficient (Wildman–Crippen LogP) is 2.72. The number of hydrogen-bond acceptors (Lipinski definition) is 5. The Labute approximate surface area is 178 Å². The van der Waals surface area contributed by atoms with Crippen LogP contribution in [0.15, 0.2) is 59.7 Å². The van der Waals surface area contributed by atoms with E-state index in [-0.39, 0.29) is 6.54 Å². The van der Waals surface area contributed by atoms with Gasteiger partial charge in [0.1, 0.15) is 10.9 Å². The monoisotopic (exact) mass is 425 g/mol. The third kappa shape index (κ3) is 4.84. The lowest BCUT2D eigenvalue weighted by molar-refractivity contribution is -0.120. The number of nitrogens with zero attached hydrogens (tertiary/aromatic N) is 3. The van der Waals surface area contributed by atoms with Crippen LogP contribution in [0, 0.1) is 6.92 Å². The summed E-state index contributed by atoms with van der Waals surface area (Å²) in [5.74, 6) is -0.484. The van der Waals surface area contributed by atoms with E-state index < -0.39 is 11.8 Å². The number of carbonyl (C=O) groups excluding carboxylic acids is 2. The van der Waals surface area contributed by atoms with Gasteiger partial charge in [-0.05, 0) is 31.2 Å². The first-order valence-electron chi connectivity index (χ1n) is 9.05. The molecule has 0 bridgehead atoms. The third-order valence-corrected chi connectivity index (χ3v) is 4.56. The summed E-state index contributed by atoms with van der Waals surface area (Å²) in [7, 11) is 1.47. The standard InChI is InChI=1S/C21H20ClN5O3/c1-14-17(20(22)27(26-14)15-8-4-3-5-9-15)12-24-25-19(28)13-23-21(29)16-10-6-7-11-18(16)30-2/h3-12H,13H2,1-2H3,(H,23,29)(H,25,28)/b24-12+. The lowest BCUT2D eigenvalue weighted by atomic mass is 10.2. The van der Waals surface area contributed by atoms with Gasteiger partial charge in [-0.15, -0.1) is 0 Å². The summed E-state index contributed by atoms with van der Waals surface area (Å²) < 4.78 is 6.73. The SMILES string of the molecule is COc1ccccc1C(=O)NCC(=O)N/N=C/c1c(C)nn(-c2ccccc2)c1Cl. The number of nitrogens with one attached hydrogen (secondary N) is 2. The fraction of sp³-hybridized carbons (Fsp3) is 0.143. The molecule has 154 valence electrons. The predicted molar refractivity (Wildman–Crippen MR) is 114 cm³/mol. The molecule has 1 aromatic heterocycles. The van der Waals surface area contributed by atoms with Gasteiger partial charge in [-0.2, -0.15) is 10.2 Å². The minimum atomic E-state index is -0.487. The van der Waals surface area contributed by atoms with Crippen LogP contribution in [0.25, 0.3) is 5.69 Å². The van der Waals surface area contributed by atoms with Crippen LogP contribution in [0.3, 0.4) is 0 Å². The molecule has 0 unspecified atom stereocenters. The molecule has 0 aliphatic rings. The zero-order valence-corrected chi connectivity index (χ0v) is 17.2. The Morgan fingerprint density at radius 2 is 1.87 bits per heavy atom. The van der Waals surface area contributed by atoms with Crippen molar-refractivity contribution in [3.8, 4) is 11.4 Å². The molecule has 9 heteroatoms. The number of halogens is 1. The van der Waals surface area contributed by atoms with Crippen molar-refractivity contribution >= 4 is 29.6 Å². The highest BCUT2D eigenvalue weighted by Gasteiger charge is 2.14. The molecule has 0 aliphatic heterocycles. The number of amides is 2. The minimum Gasteiger partial charge on any atom is -0.496 e. The number of hydrogen-bond donors (Lipinski definition) is 2. The van der Waals surface area contributed by atoms with Gasteiger partial charge in [-0.1, -0.05) is 41.9 Å². The first kappa shape index (κ1) is 21.1. The van der Waals surface area contributed by atoms with Crippen LogP contribution in [-0.4, -0.2) is 41.5 Å². The van der Waals surface area contributed by atoms with Crippen molar-refractivity contribution < 1.29 is 14.3 Å². The molecule has 8 nitrogen and oxygen atoms in total. The number of rotatable bonds is 7. The topological polar surface area (TPSA) is 97.6 Å². The van der Waals surface area contributed by atoms with Crippen LogP contribution in [-0.2, 0) is 4.79 Å². The number of aryl methyl sites for hydroxylation is 1. The number of aromatic nitrogens is 2. The van der Waals surface area contributed by atoms with Crippen molar-refractivity contribution in [1.29, 1.82) is 0 Å². The van der Waals surface area contributed by atoms with Crippen molar-refractivity contribution in [3.05, 3.63) is 76.6 Å². The summed E-state index contributed by atoms with van der Waals surface area (Å²) in [6, 6.07) is 16.2. The average Bonchev–Trinajstić information content (AvgIpc) is 3.06. The summed E-state index contributed by atoms with van der Waals surface area (Å²) >= 11 is 6.41. The van der Waals surface area contributed by atoms with Crippen LogP contribution in [0.5, 0.6) is 5.75 Å². The van der Waals surface area contributed by atoms with E-state index in [0.29, 0.717) is 27.7 Å². The Balaban J connectivity index is 1.59. The van der Waals surface area contributed by atoms with Gasteiger partial charge >= 0.3 is 0 Å². The van der Waals surface area contributed by atoms with Crippen molar-refractivity contribution in [2.24, 2.45) is 5.10 Å². The molecule has 2 amide bonds. The minimum absolute atomic E-state index is 0.246. The lowest BCUT2D eigenvalue weighted by Crippen LogP contribution is -2.35. The molecule has 0 aliphatic carbocycles. The molecule has 0 saturated heterocycles. The van der Waals surface area contributed by atoms with E-state index in [1.165, 1.54) is 13.3 Å². The largest absolute Gasteiger partial charge is 0.496 e. The summed E-state index contributed by atoms with van der Waals surface area (Å²) in [5.41, 5.74) is 4.75. The quantitative estimate of drug-likeness (QED) is 0.449. The molecular formula is C21H20ClN5O3. The Hall–Kier alpha value is -3.65. The van der Waals surface area contributed by atoms with Gasteiger partial charge in [-0.3, -0.25) is 9.59 Å². The summed E-state index contributed by atoms with van der Waals surface area (Å²) in [6.07, 6.45) is 1.42. The average molecular weight is 426 g/mol. The molecule has 30 heavy (non-hydrogen) atoms. The van der Waals surface area contributed by atoms with E-state index in [9.17, 15) is 9.59 Å². The Morgan fingerprint density at radius 3 is 2.60 bits per heavy atom. The van der Waals surface area contributed by atoms with Crippen molar-refractivity contribution in [1.82, 2.24) is 20.5 Å². The van der Waals surface area contributed by atoms with Crippen LogP contribution in [0.2, 0.25) is 5.15 Å². The maximum absolute atomic E-state index is 12.2. The summed E-state index contributed by atoms with van der Waals surface area (Å²) in [5, 5.41) is 11.2. The van der Waals surface area contributed by atoms with Crippen LogP contribution < -0.4 is 15.5 Å². The highest BCUT2D eigenvalue weighted by Crippen LogP contribution is 2.21. The number of hydrazone groups is 1. The van der Waals surface area contributed by atoms with Gasteiger partial charge in [-0.25, -0.2) is 10.1 Å². The van der Waals surface area contributed by atoms with E-state index in [1.807, 2.05) is 30.3 Å². The zero-order valence-electron chi connectivity index (χ0n) is 16.4. The highest BCUT2D eigenvalue weighted by molar-refractivity contribution is 6.32. The maximum Gasteiger partial charge on any atom is 0.259 e. The number of carbonyl (C=O) groups is 2. The van der Waals surface area contributed by atoms with Gasteiger partial charge in [0.05, 0.1) is 42.4 Å². The Kier molecular flexibility index (Phi) is 6.82. The molecule has 3 rings (SSSR count). The molecule has 0 spiro atoms.